The Hall–Kier alpha value is -0.280. The fourth-order valence-electron chi connectivity index (χ4n) is 1.23. The summed E-state index contributed by atoms with van der Waals surface area (Å²) in [6, 6.07) is 0. The first-order chi connectivity index (χ1) is 5.34. The summed E-state index contributed by atoms with van der Waals surface area (Å²) in [5, 5.41) is 7.51. The number of rotatable bonds is 2. The van der Waals surface area contributed by atoms with Crippen LogP contribution >= 0.6 is 12.4 Å². The highest BCUT2D eigenvalue weighted by atomic mass is 35.5. The molecule has 1 fully saturated rings. The number of halogens is 1. The largest absolute Gasteiger partial charge is 0.481 e. The van der Waals surface area contributed by atoms with E-state index in [4.69, 9.17) is 14.9 Å². The molecule has 0 aromatic heterocycles. The van der Waals surface area contributed by atoms with E-state index in [0.717, 1.165) is 26.1 Å². The average molecular weight is 194 g/mol. The van der Waals surface area contributed by atoms with E-state index in [-0.39, 0.29) is 12.4 Å². The summed E-state index contributed by atoms with van der Waals surface area (Å²) in [6.07, 6.45) is 1.89. The highest BCUT2D eigenvalue weighted by Crippen LogP contribution is 2.15. The quantitative estimate of drug-likeness (QED) is 0.537. The average Bonchev–Trinajstić information content (AvgIpc) is 2.07. The van der Waals surface area contributed by atoms with Crippen LogP contribution in [0.5, 0.6) is 0 Å². The number of nitrogens with one attached hydrogen (secondary N) is 1. The van der Waals surface area contributed by atoms with Gasteiger partial charge < -0.3 is 9.47 Å². The molecule has 1 aliphatic rings. The van der Waals surface area contributed by atoms with Crippen LogP contribution in [0.1, 0.15) is 19.8 Å². The molecule has 0 radical (unpaired) electrons. The van der Waals surface area contributed by atoms with Gasteiger partial charge in [0, 0.05) is 19.1 Å². The van der Waals surface area contributed by atoms with Crippen molar-refractivity contribution in [2.45, 2.75) is 19.8 Å². The number of hydrogen-bond acceptors (Lipinski definition) is 3. The van der Waals surface area contributed by atoms with Crippen LogP contribution in [0.4, 0.5) is 0 Å². The van der Waals surface area contributed by atoms with E-state index < -0.39 is 0 Å². The van der Waals surface area contributed by atoms with Gasteiger partial charge in [-0.1, -0.05) is 0 Å². The molecule has 4 heteroatoms. The van der Waals surface area contributed by atoms with Crippen molar-refractivity contribution in [1.82, 2.24) is 0 Å². The molecule has 0 amide bonds. The maximum absolute atomic E-state index is 7.51. The van der Waals surface area contributed by atoms with Gasteiger partial charge in [0.15, 0.2) is 5.90 Å². The van der Waals surface area contributed by atoms with Crippen molar-refractivity contribution in [2.24, 2.45) is 5.92 Å². The summed E-state index contributed by atoms with van der Waals surface area (Å²) < 4.78 is 10.3. The predicted molar refractivity (Wildman–Crippen MR) is 50.1 cm³/mol. The van der Waals surface area contributed by atoms with Gasteiger partial charge in [0.05, 0.1) is 6.61 Å². The Kier molecular flexibility index (Phi) is 6.11. The molecular weight excluding hydrogens is 178 g/mol. The summed E-state index contributed by atoms with van der Waals surface area (Å²) in [4.78, 5) is 0. The Morgan fingerprint density at radius 3 is 2.58 bits per heavy atom. The Labute approximate surface area is 79.4 Å². The van der Waals surface area contributed by atoms with Crippen LogP contribution in [0.15, 0.2) is 0 Å². The van der Waals surface area contributed by atoms with Crippen LogP contribution < -0.4 is 0 Å². The summed E-state index contributed by atoms with van der Waals surface area (Å²) in [6.45, 7) is 4.07. The van der Waals surface area contributed by atoms with Crippen LogP contribution in [-0.4, -0.2) is 25.7 Å². The normalized spacial score (nSPS) is 18.1. The van der Waals surface area contributed by atoms with Crippen molar-refractivity contribution in [3.63, 3.8) is 0 Å². The van der Waals surface area contributed by atoms with E-state index >= 15 is 0 Å². The Morgan fingerprint density at radius 1 is 1.50 bits per heavy atom. The molecule has 3 nitrogen and oxygen atoms in total. The van der Waals surface area contributed by atoms with Gasteiger partial charge in [-0.25, -0.2) is 0 Å². The second-order valence-corrected chi connectivity index (χ2v) is 2.68. The maximum atomic E-state index is 7.51. The first-order valence-electron chi connectivity index (χ1n) is 4.13. The Balaban J connectivity index is 0.00000121. The fourth-order valence-corrected chi connectivity index (χ4v) is 1.23. The van der Waals surface area contributed by atoms with E-state index in [9.17, 15) is 0 Å². The molecule has 0 spiro atoms. The van der Waals surface area contributed by atoms with Gasteiger partial charge in [-0.2, -0.15) is 0 Å². The minimum absolute atomic E-state index is 0. The Bertz CT molecular complexity index is 135. The van der Waals surface area contributed by atoms with E-state index in [0.29, 0.717) is 18.4 Å². The molecule has 0 aromatic carbocycles. The summed E-state index contributed by atoms with van der Waals surface area (Å²) in [5.74, 6) is 0.750. The lowest BCUT2D eigenvalue weighted by atomic mass is 10.0. The maximum Gasteiger partial charge on any atom is 0.183 e. The van der Waals surface area contributed by atoms with Gasteiger partial charge in [-0.3, -0.25) is 5.41 Å². The second kappa shape index (κ2) is 6.26. The highest BCUT2D eigenvalue weighted by molar-refractivity contribution is 5.85. The number of hydrogen-bond donors (Lipinski definition) is 1. The lowest BCUT2D eigenvalue weighted by molar-refractivity contribution is 0.0758. The van der Waals surface area contributed by atoms with Crippen LogP contribution in [-0.2, 0) is 9.47 Å². The van der Waals surface area contributed by atoms with Gasteiger partial charge >= 0.3 is 0 Å². The first-order valence-corrected chi connectivity index (χ1v) is 4.13. The van der Waals surface area contributed by atoms with Crippen LogP contribution in [0.3, 0.4) is 0 Å². The van der Waals surface area contributed by atoms with Crippen molar-refractivity contribution in [3.05, 3.63) is 0 Å². The minimum atomic E-state index is 0. The monoisotopic (exact) mass is 193 g/mol. The zero-order valence-corrected chi connectivity index (χ0v) is 8.15. The molecule has 0 aromatic rings. The number of ether oxygens (including phenoxy) is 2. The lowest BCUT2D eigenvalue weighted by Crippen LogP contribution is -2.24. The molecule has 1 N–H and O–H groups in total. The van der Waals surface area contributed by atoms with Crippen molar-refractivity contribution in [1.29, 1.82) is 5.41 Å². The van der Waals surface area contributed by atoms with Crippen molar-refractivity contribution in [2.75, 3.05) is 19.8 Å². The molecule has 1 rings (SSSR count). The van der Waals surface area contributed by atoms with Gasteiger partial charge in [0.1, 0.15) is 0 Å². The molecule has 12 heavy (non-hydrogen) atoms. The fraction of sp³-hybridized carbons (Fsp3) is 0.875. The van der Waals surface area contributed by atoms with E-state index in [1.54, 1.807) is 0 Å². The SMILES string of the molecule is CCOC(=N)C1CCOCC1.Cl. The van der Waals surface area contributed by atoms with Crippen LogP contribution in [0.25, 0.3) is 0 Å². The zero-order chi connectivity index (χ0) is 8.10. The van der Waals surface area contributed by atoms with Crippen LogP contribution in [0, 0.1) is 11.3 Å². The molecule has 0 aliphatic carbocycles. The van der Waals surface area contributed by atoms with E-state index in [2.05, 4.69) is 0 Å². The van der Waals surface area contributed by atoms with Gasteiger partial charge in [0.25, 0.3) is 0 Å². The molecule has 0 atom stereocenters. The highest BCUT2D eigenvalue weighted by Gasteiger charge is 2.18. The molecular formula is C8H16ClNO2. The van der Waals surface area contributed by atoms with Crippen molar-refractivity contribution < 1.29 is 9.47 Å². The summed E-state index contributed by atoms with van der Waals surface area (Å²) in [7, 11) is 0. The van der Waals surface area contributed by atoms with Crippen molar-refractivity contribution in [3.8, 4) is 0 Å². The predicted octanol–water partition coefficient (Wildman–Crippen LogP) is 1.85. The van der Waals surface area contributed by atoms with Gasteiger partial charge in [-0.15, -0.1) is 12.4 Å². The Morgan fingerprint density at radius 2 is 2.08 bits per heavy atom. The third kappa shape index (κ3) is 3.41. The molecule has 1 heterocycles. The molecule has 72 valence electrons. The third-order valence-electron chi connectivity index (χ3n) is 1.89. The first kappa shape index (κ1) is 11.7. The van der Waals surface area contributed by atoms with E-state index in [1.165, 1.54) is 0 Å². The minimum Gasteiger partial charge on any atom is -0.481 e. The molecule has 0 unspecified atom stereocenters. The van der Waals surface area contributed by atoms with Crippen LogP contribution in [0.2, 0.25) is 0 Å². The summed E-state index contributed by atoms with van der Waals surface area (Å²) in [5.41, 5.74) is 0. The topological polar surface area (TPSA) is 42.3 Å². The third-order valence-corrected chi connectivity index (χ3v) is 1.89. The van der Waals surface area contributed by atoms with Crippen molar-refractivity contribution >= 4 is 18.3 Å². The summed E-state index contributed by atoms with van der Waals surface area (Å²) >= 11 is 0. The van der Waals surface area contributed by atoms with Gasteiger partial charge in [0.2, 0.25) is 0 Å². The molecule has 1 aliphatic heterocycles. The second-order valence-electron chi connectivity index (χ2n) is 2.68. The smallest absolute Gasteiger partial charge is 0.183 e. The molecule has 0 saturated carbocycles. The molecule has 1 saturated heterocycles. The zero-order valence-electron chi connectivity index (χ0n) is 7.34. The molecule has 0 bridgehead atoms. The standard InChI is InChI=1S/C8H15NO2.ClH/c1-2-11-8(9)7-3-5-10-6-4-7;/h7,9H,2-6H2,1H3;1H. The van der Waals surface area contributed by atoms with E-state index in [1.807, 2.05) is 6.92 Å². The lowest BCUT2D eigenvalue weighted by Gasteiger charge is -2.21. The van der Waals surface area contributed by atoms with Gasteiger partial charge in [-0.05, 0) is 19.8 Å².